The molecule has 2 unspecified atom stereocenters. The van der Waals surface area contributed by atoms with Crippen LogP contribution in [0.4, 0.5) is 0 Å². The topological polar surface area (TPSA) is 46.5 Å². The van der Waals surface area contributed by atoms with E-state index >= 15 is 0 Å². The van der Waals surface area contributed by atoms with Crippen molar-refractivity contribution >= 4 is 5.97 Å². The van der Waals surface area contributed by atoms with E-state index in [1.165, 1.54) is 5.56 Å². The van der Waals surface area contributed by atoms with Crippen molar-refractivity contribution in [2.75, 3.05) is 6.61 Å². The lowest BCUT2D eigenvalue weighted by Gasteiger charge is -2.34. The minimum Gasteiger partial charge on any atom is -0.466 e. The minimum absolute atomic E-state index is 0.0103. The van der Waals surface area contributed by atoms with Crippen LogP contribution in [0.15, 0.2) is 24.3 Å². The van der Waals surface area contributed by atoms with E-state index in [4.69, 9.17) is 4.74 Å². The van der Waals surface area contributed by atoms with Gasteiger partial charge in [-0.2, -0.15) is 0 Å². The third kappa shape index (κ3) is 4.07. The predicted molar refractivity (Wildman–Crippen MR) is 85.1 cm³/mol. The van der Waals surface area contributed by atoms with E-state index in [1.54, 1.807) is 13.8 Å². The van der Waals surface area contributed by atoms with Gasteiger partial charge >= 0.3 is 5.97 Å². The summed E-state index contributed by atoms with van der Waals surface area (Å²) in [7, 11) is 0. The van der Waals surface area contributed by atoms with Crippen molar-refractivity contribution in [3.63, 3.8) is 0 Å². The summed E-state index contributed by atoms with van der Waals surface area (Å²) in [6.45, 7) is 11.9. The van der Waals surface area contributed by atoms with E-state index < -0.39 is 11.5 Å². The highest BCUT2D eigenvalue weighted by Gasteiger charge is 2.41. The van der Waals surface area contributed by atoms with E-state index in [-0.39, 0.29) is 11.9 Å². The Morgan fingerprint density at radius 2 is 1.71 bits per heavy atom. The van der Waals surface area contributed by atoms with Gasteiger partial charge in [-0.15, -0.1) is 0 Å². The van der Waals surface area contributed by atoms with Crippen molar-refractivity contribution in [2.45, 2.75) is 53.1 Å². The van der Waals surface area contributed by atoms with Crippen molar-refractivity contribution in [2.24, 2.45) is 11.8 Å². The number of hydrogen-bond donors (Lipinski definition) is 1. The fourth-order valence-corrected chi connectivity index (χ4v) is 2.77. The molecule has 0 bridgehead atoms. The quantitative estimate of drug-likeness (QED) is 0.810. The Bertz CT molecular complexity index is 458. The van der Waals surface area contributed by atoms with Gasteiger partial charge in [0.15, 0.2) is 0 Å². The van der Waals surface area contributed by atoms with Crippen LogP contribution in [0.5, 0.6) is 0 Å². The Balaban J connectivity index is 3.12. The van der Waals surface area contributed by atoms with Crippen LogP contribution in [0.25, 0.3) is 0 Å². The summed E-state index contributed by atoms with van der Waals surface area (Å²) in [5.74, 6) is -0.494. The van der Waals surface area contributed by atoms with Crippen LogP contribution in [0.1, 0.15) is 58.6 Å². The molecule has 3 nitrogen and oxygen atoms in total. The van der Waals surface area contributed by atoms with Gasteiger partial charge in [0.25, 0.3) is 0 Å². The molecule has 1 aromatic rings. The van der Waals surface area contributed by atoms with Gasteiger partial charge in [0.2, 0.25) is 0 Å². The Hall–Kier alpha value is -1.35. The summed E-state index contributed by atoms with van der Waals surface area (Å²) in [5, 5.41) is 10.9. The Morgan fingerprint density at radius 3 is 2.10 bits per heavy atom. The van der Waals surface area contributed by atoms with Crippen LogP contribution >= 0.6 is 0 Å². The van der Waals surface area contributed by atoms with Gasteiger partial charge in [-0.25, -0.2) is 0 Å². The zero-order valence-corrected chi connectivity index (χ0v) is 14.0. The van der Waals surface area contributed by atoms with Crippen LogP contribution in [-0.4, -0.2) is 17.7 Å². The highest BCUT2D eigenvalue weighted by atomic mass is 16.5. The predicted octanol–water partition coefficient (Wildman–Crippen LogP) is 3.85. The SMILES string of the molecule is CCOC(=O)C(C(C)C)C(C)(O)c1ccc(C(C)C)cc1. The number of hydrogen-bond acceptors (Lipinski definition) is 3. The first-order chi connectivity index (χ1) is 9.71. The number of carbonyl (C=O) groups is 1. The first-order valence-electron chi connectivity index (χ1n) is 7.71. The van der Waals surface area contributed by atoms with Crippen molar-refractivity contribution in [1.29, 1.82) is 0 Å². The Kier molecular flexibility index (Phi) is 5.97. The molecule has 1 rings (SSSR count). The molecule has 0 aliphatic rings. The first-order valence-corrected chi connectivity index (χ1v) is 7.71. The summed E-state index contributed by atoms with van der Waals surface area (Å²) in [4.78, 5) is 12.2. The summed E-state index contributed by atoms with van der Waals surface area (Å²) in [5.41, 5.74) is 0.723. The highest BCUT2D eigenvalue weighted by molar-refractivity contribution is 5.74. The maximum atomic E-state index is 12.2. The van der Waals surface area contributed by atoms with Crippen molar-refractivity contribution in [3.8, 4) is 0 Å². The zero-order chi connectivity index (χ0) is 16.2. The van der Waals surface area contributed by atoms with Gasteiger partial charge in [0, 0.05) is 0 Å². The second-order valence-corrected chi connectivity index (χ2v) is 6.40. The van der Waals surface area contributed by atoms with Crippen LogP contribution < -0.4 is 0 Å². The van der Waals surface area contributed by atoms with E-state index in [0.717, 1.165) is 5.56 Å². The zero-order valence-electron chi connectivity index (χ0n) is 14.0. The van der Waals surface area contributed by atoms with Gasteiger partial charge in [0.05, 0.1) is 12.5 Å². The normalized spacial score (nSPS) is 15.9. The minimum atomic E-state index is -1.24. The summed E-state index contributed by atoms with van der Waals surface area (Å²) in [6.07, 6.45) is 0. The monoisotopic (exact) mass is 292 g/mol. The number of esters is 1. The van der Waals surface area contributed by atoms with Crippen LogP contribution in [0, 0.1) is 11.8 Å². The van der Waals surface area contributed by atoms with Crippen molar-refractivity contribution < 1.29 is 14.6 Å². The lowest BCUT2D eigenvalue weighted by atomic mass is 9.76. The van der Waals surface area contributed by atoms with Gasteiger partial charge in [-0.1, -0.05) is 52.0 Å². The molecule has 0 saturated carbocycles. The maximum Gasteiger partial charge on any atom is 0.312 e. The van der Waals surface area contributed by atoms with Gasteiger partial charge < -0.3 is 9.84 Å². The fraction of sp³-hybridized carbons (Fsp3) is 0.611. The molecule has 0 aliphatic heterocycles. The third-order valence-corrected chi connectivity index (χ3v) is 3.97. The molecule has 2 atom stereocenters. The molecule has 0 saturated heterocycles. The summed E-state index contributed by atoms with van der Waals surface area (Å²) >= 11 is 0. The van der Waals surface area contributed by atoms with Crippen molar-refractivity contribution in [3.05, 3.63) is 35.4 Å². The lowest BCUT2D eigenvalue weighted by molar-refractivity contribution is -0.161. The number of rotatable bonds is 6. The second-order valence-electron chi connectivity index (χ2n) is 6.40. The Labute approximate surface area is 128 Å². The molecule has 21 heavy (non-hydrogen) atoms. The third-order valence-electron chi connectivity index (χ3n) is 3.97. The molecule has 0 aliphatic carbocycles. The molecule has 0 spiro atoms. The molecular weight excluding hydrogens is 264 g/mol. The van der Waals surface area contributed by atoms with Gasteiger partial charge in [-0.3, -0.25) is 4.79 Å². The Morgan fingerprint density at radius 1 is 1.19 bits per heavy atom. The van der Waals surface area contributed by atoms with Gasteiger partial charge in [0.1, 0.15) is 5.60 Å². The number of ether oxygens (including phenoxy) is 1. The molecule has 0 amide bonds. The van der Waals surface area contributed by atoms with Crippen molar-refractivity contribution in [1.82, 2.24) is 0 Å². The molecule has 1 aromatic carbocycles. The van der Waals surface area contributed by atoms with Gasteiger partial charge in [-0.05, 0) is 36.8 Å². The fourth-order valence-electron chi connectivity index (χ4n) is 2.77. The smallest absolute Gasteiger partial charge is 0.312 e. The molecule has 3 heteroatoms. The second kappa shape index (κ2) is 7.08. The highest BCUT2D eigenvalue weighted by Crippen LogP contribution is 2.35. The molecule has 0 fully saturated rings. The van der Waals surface area contributed by atoms with E-state index in [2.05, 4.69) is 13.8 Å². The average Bonchev–Trinajstić information content (AvgIpc) is 2.38. The number of carbonyl (C=O) groups excluding carboxylic acids is 1. The molecular formula is C18H28O3. The largest absolute Gasteiger partial charge is 0.466 e. The molecule has 0 aromatic heterocycles. The van der Waals surface area contributed by atoms with Crippen LogP contribution in [0.3, 0.4) is 0 Å². The van der Waals surface area contributed by atoms with E-state index in [1.807, 2.05) is 38.1 Å². The molecule has 0 heterocycles. The summed E-state index contributed by atoms with van der Waals surface area (Å²) < 4.78 is 5.14. The number of aliphatic hydroxyl groups is 1. The van der Waals surface area contributed by atoms with Crippen LogP contribution in [-0.2, 0) is 15.1 Å². The maximum absolute atomic E-state index is 12.2. The molecule has 118 valence electrons. The molecule has 0 radical (unpaired) electrons. The summed E-state index contributed by atoms with van der Waals surface area (Å²) in [6, 6.07) is 7.84. The molecule has 1 N–H and O–H groups in total. The van der Waals surface area contributed by atoms with Crippen LogP contribution in [0.2, 0.25) is 0 Å². The van der Waals surface area contributed by atoms with E-state index in [9.17, 15) is 9.90 Å². The van der Waals surface area contributed by atoms with E-state index in [0.29, 0.717) is 12.5 Å². The average molecular weight is 292 g/mol. The standard InChI is InChI=1S/C18H28O3/c1-7-21-17(19)16(13(4)5)18(6,20)15-10-8-14(9-11-15)12(2)3/h8-13,16,20H,7H2,1-6H3. The first kappa shape index (κ1) is 17.7. The number of benzene rings is 1. The lowest BCUT2D eigenvalue weighted by Crippen LogP contribution is -2.41.